The zero-order valence-corrected chi connectivity index (χ0v) is 10.6. The Labute approximate surface area is 105 Å². The minimum Gasteiger partial charge on any atom is -0.491 e. The number of nitrogens with zero attached hydrogens (tertiary/aromatic N) is 2. The molecular weight excluding hydrogens is 234 g/mol. The Morgan fingerprint density at radius 1 is 1.29 bits per heavy atom. The van der Waals surface area contributed by atoms with E-state index in [1.807, 2.05) is 38.1 Å². The second-order valence-electron chi connectivity index (χ2n) is 4.00. The summed E-state index contributed by atoms with van der Waals surface area (Å²) in [6, 6.07) is 7.58. The predicted octanol–water partition coefficient (Wildman–Crippen LogP) is 2.37. The number of benzene rings is 1. The molecule has 0 saturated heterocycles. The van der Waals surface area contributed by atoms with Gasteiger partial charge in [-0.1, -0.05) is 22.7 Å². The van der Waals surface area contributed by atoms with E-state index < -0.39 is 0 Å². The molecule has 0 bridgehead atoms. The monoisotopic (exact) mass is 249 g/mol. The van der Waals surface area contributed by atoms with E-state index in [-0.39, 0.29) is 12.1 Å². The van der Waals surface area contributed by atoms with E-state index in [1.165, 1.54) is 11.5 Å². The summed E-state index contributed by atoms with van der Waals surface area (Å²) in [5, 5.41) is 3.81. The summed E-state index contributed by atoms with van der Waals surface area (Å²) in [5.74, 6) is 0.823. The minimum atomic E-state index is -0.232. The van der Waals surface area contributed by atoms with Gasteiger partial charge < -0.3 is 10.5 Å². The summed E-state index contributed by atoms with van der Waals surface area (Å²) < 4.78 is 9.58. The van der Waals surface area contributed by atoms with Gasteiger partial charge in [0.25, 0.3) is 0 Å². The molecule has 0 aliphatic heterocycles. The third-order valence-electron chi connectivity index (χ3n) is 2.30. The van der Waals surface area contributed by atoms with Gasteiger partial charge in [0, 0.05) is 5.56 Å². The maximum absolute atomic E-state index is 6.19. The Kier molecular flexibility index (Phi) is 3.71. The van der Waals surface area contributed by atoms with E-state index in [2.05, 4.69) is 9.59 Å². The van der Waals surface area contributed by atoms with Gasteiger partial charge in [-0.2, -0.15) is 0 Å². The van der Waals surface area contributed by atoms with Crippen LogP contribution in [0.5, 0.6) is 5.75 Å². The van der Waals surface area contributed by atoms with Crippen molar-refractivity contribution >= 4 is 11.5 Å². The van der Waals surface area contributed by atoms with Crippen LogP contribution in [0.25, 0.3) is 0 Å². The van der Waals surface area contributed by atoms with E-state index in [9.17, 15) is 0 Å². The SMILES string of the molecule is CC(C)Oc1ccccc1C(N)c1cnns1. The van der Waals surface area contributed by atoms with Crippen molar-refractivity contribution in [3.63, 3.8) is 0 Å². The van der Waals surface area contributed by atoms with Gasteiger partial charge in [0.15, 0.2) is 0 Å². The molecule has 2 N–H and O–H groups in total. The zero-order chi connectivity index (χ0) is 12.3. The molecule has 0 aliphatic rings. The van der Waals surface area contributed by atoms with Crippen molar-refractivity contribution in [3.05, 3.63) is 40.9 Å². The fourth-order valence-corrected chi connectivity index (χ4v) is 2.09. The van der Waals surface area contributed by atoms with Gasteiger partial charge >= 0.3 is 0 Å². The lowest BCUT2D eigenvalue weighted by Crippen LogP contribution is -2.14. The van der Waals surface area contributed by atoms with Crippen molar-refractivity contribution in [1.29, 1.82) is 0 Å². The summed E-state index contributed by atoms with van der Waals surface area (Å²) in [4.78, 5) is 0.935. The molecule has 90 valence electrons. The van der Waals surface area contributed by atoms with Gasteiger partial charge in [0.05, 0.1) is 23.2 Å². The maximum atomic E-state index is 6.19. The molecule has 5 heteroatoms. The van der Waals surface area contributed by atoms with E-state index in [0.29, 0.717) is 0 Å². The number of nitrogens with two attached hydrogens (primary N) is 1. The molecule has 0 spiro atoms. The van der Waals surface area contributed by atoms with E-state index in [1.54, 1.807) is 6.20 Å². The molecule has 2 rings (SSSR count). The molecule has 4 nitrogen and oxygen atoms in total. The van der Waals surface area contributed by atoms with Crippen LogP contribution in [-0.2, 0) is 0 Å². The van der Waals surface area contributed by atoms with Crippen LogP contribution in [0.4, 0.5) is 0 Å². The average Bonchev–Trinajstić information content (AvgIpc) is 2.81. The second kappa shape index (κ2) is 5.25. The average molecular weight is 249 g/mol. The maximum Gasteiger partial charge on any atom is 0.124 e. The van der Waals surface area contributed by atoms with Crippen LogP contribution in [0.1, 0.15) is 30.3 Å². The van der Waals surface area contributed by atoms with Crippen LogP contribution in [0.3, 0.4) is 0 Å². The van der Waals surface area contributed by atoms with Crippen LogP contribution in [-0.4, -0.2) is 15.7 Å². The van der Waals surface area contributed by atoms with Crippen LogP contribution in [0.15, 0.2) is 30.5 Å². The van der Waals surface area contributed by atoms with Gasteiger partial charge in [0.2, 0.25) is 0 Å². The highest BCUT2D eigenvalue weighted by atomic mass is 32.1. The van der Waals surface area contributed by atoms with E-state index in [0.717, 1.165) is 16.2 Å². The third kappa shape index (κ3) is 2.81. The minimum absolute atomic E-state index is 0.128. The lowest BCUT2D eigenvalue weighted by molar-refractivity contribution is 0.239. The van der Waals surface area contributed by atoms with Crippen molar-refractivity contribution in [2.24, 2.45) is 5.73 Å². The number of rotatable bonds is 4. The fraction of sp³-hybridized carbons (Fsp3) is 0.333. The Morgan fingerprint density at radius 2 is 2.06 bits per heavy atom. The smallest absolute Gasteiger partial charge is 0.124 e. The van der Waals surface area contributed by atoms with Crippen molar-refractivity contribution in [2.45, 2.75) is 26.0 Å². The standard InChI is InChI=1S/C12H15N3OS/c1-8(2)16-10-6-4-3-5-9(10)12(13)11-7-14-15-17-11/h3-8,12H,13H2,1-2H3. The second-order valence-corrected chi connectivity index (χ2v) is 4.82. The van der Waals surface area contributed by atoms with Crippen molar-refractivity contribution in [1.82, 2.24) is 9.59 Å². The first-order valence-electron chi connectivity index (χ1n) is 5.47. The molecule has 1 heterocycles. The highest BCUT2D eigenvalue weighted by Crippen LogP contribution is 2.29. The number of hydrogen-bond acceptors (Lipinski definition) is 5. The zero-order valence-electron chi connectivity index (χ0n) is 9.83. The van der Waals surface area contributed by atoms with Gasteiger partial charge in [-0.05, 0) is 31.4 Å². The molecule has 1 aromatic carbocycles. The highest BCUT2D eigenvalue weighted by molar-refractivity contribution is 7.05. The Morgan fingerprint density at radius 3 is 2.71 bits per heavy atom. The normalized spacial score (nSPS) is 12.7. The van der Waals surface area contributed by atoms with Crippen LogP contribution < -0.4 is 10.5 Å². The molecule has 1 atom stereocenters. The van der Waals surface area contributed by atoms with Gasteiger partial charge in [-0.15, -0.1) is 5.10 Å². The summed E-state index contributed by atoms with van der Waals surface area (Å²) in [6.45, 7) is 3.99. The molecule has 0 saturated carbocycles. The first-order chi connectivity index (χ1) is 8.18. The number of hydrogen-bond donors (Lipinski definition) is 1. The summed E-state index contributed by atoms with van der Waals surface area (Å²) in [7, 11) is 0. The largest absolute Gasteiger partial charge is 0.491 e. The number of ether oxygens (including phenoxy) is 1. The fourth-order valence-electron chi connectivity index (χ4n) is 1.56. The Balaban J connectivity index is 2.31. The van der Waals surface area contributed by atoms with Crippen LogP contribution in [0, 0.1) is 0 Å². The van der Waals surface area contributed by atoms with Gasteiger partial charge in [0.1, 0.15) is 5.75 Å². The van der Waals surface area contributed by atoms with Gasteiger partial charge in [-0.3, -0.25) is 0 Å². The summed E-state index contributed by atoms with van der Waals surface area (Å²) in [5.41, 5.74) is 7.15. The molecule has 2 aromatic rings. The molecule has 1 aromatic heterocycles. The first-order valence-corrected chi connectivity index (χ1v) is 6.24. The molecular formula is C12H15N3OS. The topological polar surface area (TPSA) is 61.0 Å². The number of aromatic nitrogens is 2. The summed E-state index contributed by atoms with van der Waals surface area (Å²) in [6.07, 6.45) is 1.82. The van der Waals surface area contributed by atoms with Crippen molar-refractivity contribution < 1.29 is 4.74 Å². The predicted molar refractivity (Wildman–Crippen MR) is 68.1 cm³/mol. The third-order valence-corrected chi connectivity index (χ3v) is 3.05. The Bertz CT molecular complexity index is 470. The molecule has 17 heavy (non-hydrogen) atoms. The molecule has 0 amide bonds. The molecule has 1 unspecified atom stereocenters. The van der Waals surface area contributed by atoms with Crippen molar-refractivity contribution in [3.8, 4) is 5.75 Å². The van der Waals surface area contributed by atoms with E-state index in [4.69, 9.17) is 10.5 Å². The van der Waals surface area contributed by atoms with E-state index >= 15 is 0 Å². The quantitative estimate of drug-likeness (QED) is 0.903. The van der Waals surface area contributed by atoms with Crippen molar-refractivity contribution in [2.75, 3.05) is 0 Å². The van der Waals surface area contributed by atoms with Crippen LogP contribution >= 0.6 is 11.5 Å². The first kappa shape index (κ1) is 12.0. The molecule has 0 radical (unpaired) electrons. The lowest BCUT2D eigenvalue weighted by Gasteiger charge is -2.17. The highest BCUT2D eigenvalue weighted by Gasteiger charge is 2.16. The lowest BCUT2D eigenvalue weighted by atomic mass is 10.1. The number of para-hydroxylation sites is 1. The molecule has 0 aliphatic carbocycles. The van der Waals surface area contributed by atoms with Crippen LogP contribution in [0.2, 0.25) is 0 Å². The Hall–Kier alpha value is -1.46. The van der Waals surface area contributed by atoms with Gasteiger partial charge in [-0.25, -0.2) is 0 Å². The molecule has 0 fully saturated rings. The summed E-state index contributed by atoms with van der Waals surface area (Å²) >= 11 is 1.31.